The van der Waals surface area contributed by atoms with E-state index in [2.05, 4.69) is 39.2 Å². The van der Waals surface area contributed by atoms with Crippen LogP contribution in [0.5, 0.6) is 5.88 Å². The van der Waals surface area contributed by atoms with Crippen LogP contribution >= 0.6 is 22.9 Å². The first-order valence-electron chi connectivity index (χ1n) is 9.21. The summed E-state index contributed by atoms with van der Waals surface area (Å²) >= 11 is 7.62. The molecule has 1 aliphatic rings. The van der Waals surface area contributed by atoms with E-state index in [4.69, 9.17) is 11.6 Å². The summed E-state index contributed by atoms with van der Waals surface area (Å²) in [6.07, 6.45) is 0.987. The molecule has 1 aliphatic heterocycles. The number of hydrogen-bond donors (Lipinski definition) is 1. The Morgan fingerprint density at radius 2 is 1.86 bits per heavy atom. The van der Waals surface area contributed by atoms with Crippen molar-refractivity contribution in [3.05, 3.63) is 80.9 Å². The van der Waals surface area contributed by atoms with Gasteiger partial charge in [-0.15, -0.1) is 5.10 Å². The van der Waals surface area contributed by atoms with E-state index in [9.17, 15) is 5.11 Å². The van der Waals surface area contributed by atoms with Gasteiger partial charge in [-0.2, -0.15) is 4.52 Å². The zero-order valence-corrected chi connectivity index (χ0v) is 16.9. The average Bonchev–Trinajstić information content (AvgIpc) is 3.21. The molecule has 0 bridgehead atoms. The molecule has 142 valence electrons. The van der Waals surface area contributed by atoms with Crippen LogP contribution in [0, 0.1) is 6.92 Å². The molecule has 2 aromatic carbocycles. The van der Waals surface area contributed by atoms with E-state index in [1.807, 2.05) is 31.2 Å². The van der Waals surface area contributed by atoms with Gasteiger partial charge in [-0.3, -0.25) is 4.90 Å². The summed E-state index contributed by atoms with van der Waals surface area (Å²) in [6.45, 7) is 3.57. The SMILES string of the molecule is Cc1nc2sc([C@@H](c3ccc(Cl)cc3)N3CCc4ccccc4C3)c(O)n2n1. The van der Waals surface area contributed by atoms with Crippen molar-refractivity contribution in [2.45, 2.75) is 25.9 Å². The van der Waals surface area contributed by atoms with Crippen LogP contribution in [0.3, 0.4) is 0 Å². The monoisotopic (exact) mass is 410 g/mol. The molecule has 0 spiro atoms. The lowest BCUT2D eigenvalue weighted by Gasteiger charge is -2.35. The molecule has 0 amide bonds. The van der Waals surface area contributed by atoms with E-state index in [1.54, 1.807) is 0 Å². The van der Waals surface area contributed by atoms with E-state index in [0.29, 0.717) is 15.8 Å². The minimum atomic E-state index is -0.0839. The lowest BCUT2D eigenvalue weighted by molar-refractivity contribution is 0.205. The van der Waals surface area contributed by atoms with Crippen molar-refractivity contribution >= 4 is 27.9 Å². The normalized spacial score (nSPS) is 15.6. The number of benzene rings is 2. The van der Waals surface area contributed by atoms with Gasteiger partial charge in [0, 0.05) is 18.1 Å². The van der Waals surface area contributed by atoms with Crippen LogP contribution in [-0.2, 0) is 13.0 Å². The minimum Gasteiger partial charge on any atom is -0.492 e. The fourth-order valence-corrected chi connectivity index (χ4v) is 5.23. The quantitative estimate of drug-likeness (QED) is 0.536. The van der Waals surface area contributed by atoms with Gasteiger partial charge in [0.1, 0.15) is 5.82 Å². The molecule has 2 aromatic heterocycles. The Morgan fingerprint density at radius 1 is 1.11 bits per heavy atom. The molecule has 0 saturated heterocycles. The molecule has 0 fully saturated rings. The molecular formula is C21H19ClN4OS. The van der Waals surface area contributed by atoms with Gasteiger partial charge in [-0.05, 0) is 42.2 Å². The van der Waals surface area contributed by atoms with Gasteiger partial charge >= 0.3 is 0 Å². The third-order valence-electron chi connectivity index (χ3n) is 5.27. The number of aromatic hydroxyl groups is 1. The van der Waals surface area contributed by atoms with Crippen LogP contribution in [0.15, 0.2) is 48.5 Å². The predicted molar refractivity (Wildman–Crippen MR) is 111 cm³/mol. The second-order valence-corrected chi connectivity index (χ2v) is 8.53. The Bertz CT molecular complexity index is 1150. The summed E-state index contributed by atoms with van der Waals surface area (Å²) in [5, 5.41) is 16.0. The zero-order chi connectivity index (χ0) is 19.3. The van der Waals surface area contributed by atoms with E-state index >= 15 is 0 Å². The summed E-state index contributed by atoms with van der Waals surface area (Å²) < 4.78 is 1.54. The number of rotatable bonds is 3. The second-order valence-electron chi connectivity index (χ2n) is 7.09. The molecular weight excluding hydrogens is 392 g/mol. The van der Waals surface area contributed by atoms with E-state index < -0.39 is 0 Å². The number of aromatic nitrogens is 3. The molecule has 3 heterocycles. The molecule has 0 aliphatic carbocycles. The second kappa shape index (κ2) is 6.88. The highest BCUT2D eigenvalue weighted by Gasteiger charge is 2.31. The molecule has 1 atom stereocenters. The average molecular weight is 411 g/mol. The standard InChI is InChI=1S/C21H19ClN4OS/c1-13-23-21-26(24-13)20(27)19(28-21)18(15-6-8-17(22)9-7-15)25-11-10-14-4-2-3-5-16(14)12-25/h2-9,18,27H,10-12H2,1H3/t18-/m1/s1. The van der Waals surface area contributed by atoms with Crippen LogP contribution in [0.1, 0.15) is 33.4 Å². The summed E-state index contributed by atoms with van der Waals surface area (Å²) in [5.41, 5.74) is 3.83. The first-order chi connectivity index (χ1) is 13.6. The topological polar surface area (TPSA) is 53.7 Å². The van der Waals surface area contributed by atoms with Gasteiger partial charge in [-0.1, -0.05) is 59.3 Å². The Labute approximate surface area is 171 Å². The van der Waals surface area contributed by atoms with Gasteiger partial charge in [0.15, 0.2) is 0 Å². The minimum absolute atomic E-state index is 0.0839. The fourth-order valence-electron chi connectivity index (χ4n) is 3.94. The summed E-state index contributed by atoms with van der Waals surface area (Å²) in [5.74, 6) is 0.822. The Morgan fingerprint density at radius 3 is 2.61 bits per heavy atom. The highest BCUT2D eigenvalue weighted by molar-refractivity contribution is 7.17. The van der Waals surface area contributed by atoms with Crippen LogP contribution < -0.4 is 0 Å². The maximum atomic E-state index is 10.9. The number of hydrogen-bond acceptors (Lipinski definition) is 5. The van der Waals surface area contributed by atoms with Crippen LogP contribution in [0.4, 0.5) is 0 Å². The van der Waals surface area contributed by atoms with Gasteiger partial charge in [0.05, 0.1) is 10.9 Å². The zero-order valence-electron chi connectivity index (χ0n) is 15.3. The van der Waals surface area contributed by atoms with Crippen molar-refractivity contribution in [1.29, 1.82) is 0 Å². The van der Waals surface area contributed by atoms with Crippen molar-refractivity contribution in [2.24, 2.45) is 0 Å². The number of aryl methyl sites for hydroxylation is 1. The summed E-state index contributed by atoms with van der Waals surface area (Å²) in [7, 11) is 0. The fraction of sp³-hybridized carbons (Fsp3) is 0.238. The maximum absolute atomic E-state index is 10.9. The first-order valence-corrected chi connectivity index (χ1v) is 10.4. The predicted octanol–water partition coefficient (Wildman–Crippen LogP) is 4.61. The number of nitrogens with zero attached hydrogens (tertiary/aromatic N) is 4. The van der Waals surface area contributed by atoms with Gasteiger partial charge in [0.2, 0.25) is 10.8 Å². The lowest BCUT2D eigenvalue weighted by Crippen LogP contribution is -2.34. The van der Waals surface area contributed by atoms with Gasteiger partial charge in [-0.25, -0.2) is 4.98 Å². The molecule has 7 heteroatoms. The number of thiazole rings is 1. The van der Waals surface area contributed by atoms with Gasteiger partial charge < -0.3 is 5.11 Å². The van der Waals surface area contributed by atoms with Crippen LogP contribution in [-0.4, -0.2) is 31.1 Å². The molecule has 1 N–H and O–H groups in total. The lowest BCUT2D eigenvalue weighted by atomic mass is 9.96. The smallest absolute Gasteiger partial charge is 0.230 e. The molecule has 0 unspecified atom stereocenters. The highest BCUT2D eigenvalue weighted by atomic mass is 35.5. The maximum Gasteiger partial charge on any atom is 0.230 e. The molecule has 0 saturated carbocycles. The molecule has 0 radical (unpaired) electrons. The number of fused-ring (bicyclic) bond motifs is 2. The third kappa shape index (κ3) is 2.98. The summed E-state index contributed by atoms with van der Waals surface area (Å²) in [6, 6.07) is 16.4. The molecule has 4 aromatic rings. The first kappa shape index (κ1) is 17.7. The Hall–Kier alpha value is -2.41. The van der Waals surface area contributed by atoms with Crippen LogP contribution in [0.2, 0.25) is 5.02 Å². The van der Waals surface area contributed by atoms with Crippen molar-refractivity contribution in [3.63, 3.8) is 0 Å². The van der Waals surface area contributed by atoms with Crippen molar-refractivity contribution in [3.8, 4) is 5.88 Å². The van der Waals surface area contributed by atoms with Crippen molar-refractivity contribution < 1.29 is 5.11 Å². The highest BCUT2D eigenvalue weighted by Crippen LogP contribution is 2.41. The van der Waals surface area contributed by atoms with E-state index in [0.717, 1.165) is 30.0 Å². The van der Waals surface area contributed by atoms with Crippen molar-refractivity contribution in [2.75, 3.05) is 6.54 Å². The third-order valence-corrected chi connectivity index (χ3v) is 6.59. The van der Waals surface area contributed by atoms with E-state index in [-0.39, 0.29) is 11.9 Å². The number of halogens is 1. The largest absolute Gasteiger partial charge is 0.492 e. The molecule has 5 nitrogen and oxygen atoms in total. The van der Waals surface area contributed by atoms with Crippen LogP contribution in [0.25, 0.3) is 4.96 Å². The molecule has 28 heavy (non-hydrogen) atoms. The Balaban J connectivity index is 1.62. The summed E-state index contributed by atoms with van der Waals surface area (Å²) in [4.78, 5) is 8.41. The van der Waals surface area contributed by atoms with Crippen molar-refractivity contribution in [1.82, 2.24) is 19.5 Å². The van der Waals surface area contributed by atoms with Gasteiger partial charge in [0.25, 0.3) is 0 Å². The Kier molecular flexibility index (Phi) is 4.34. The molecule has 5 rings (SSSR count). The van der Waals surface area contributed by atoms with E-state index in [1.165, 1.54) is 27.0 Å².